The van der Waals surface area contributed by atoms with Crippen molar-refractivity contribution in [3.8, 4) is 0 Å². The summed E-state index contributed by atoms with van der Waals surface area (Å²) in [6.45, 7) is 4.42. The van der Waals surface area contributed by atoms with E-state index in [0.29, 0.717) is 23.9 Å². The fourth-order valence-corrected chi connectivity index (χ4v) is 4.06. The number of aryl methyl sites for hydroxylation is 1. The maximum absolute atomic E-state index is 12.5. The molecule has 0 saturated heterocycles. The molecule has 0 aliphatic heterocycles. The van der Waals surface area contributed by atoms with Crippen LogP contribution in [0.1, 0.15) is 54.5 Å². The van der Waals surface area contributed by atoms with Gasteiger partial charge in [-0.05, 0) is 51.0 Å². The van der Waals surface area contributed by atoms with Crippen LogP contribution in [0.4, 0.5) is 5.82 Å². The van der Waals surface area contributed by atoms with Crippen molar-refractivity contribution in [2.24, 2.45) is 10.7 Å². The van der Waals surface area contributed by atoms with Crippen LogP contribution < -0.4 is 16.4 Å². The first-order chi connectivity index (χ1) is 15.5. The smallest absolute Gasteiger partial charge is 0.289 e. The molecule has 0 radical (unpaired) electrons. The van der Waals surface area contributed by atoms with Crippen LogP contribution in [0, 0.1) is 6.92 Å². The summed E-state index contributed by atoms with van der Waals surface area (Å²) in [5.41, 5.74) is 8.79. The van der Waals surface area contributed by atoms with Gasteiger partial charge in [-0.2, -0.15) is 0 Å². The number of fused-ring (bicyclic) bond motifs is 1. The standard InChI is InChI=1S/C24H29N7O/c1-3-26-24(32)23-29-17-12-11-15(2)14-16(17)22(31-23)30-19-9-5-4-8-18(19)28-21(25)20-10-6-7-13-27-20/h6-7,10-14,18-19H,3-5,8-9H2,1-2H3,(H2,25,28)(H,26,32)(H,29,30,31)/t18-,19+/m1/s1. The SMILES string of the molecule is CCNC(=O)c1nc(N[C@H]2CCCC[C@H]2N=C(N)c2ccccn2)c2cc(C)ccc2n1. The summed E-state index contributed by atoms with van der Waals surface area (Å²) in [6.07, 6.45) is 5.77. The lowest BCUT2D eigenvalue weighted by atomic mass is 9.90. The molecule has 0 unspecified atom stereocenters. The van der Waals surface area contributed by atoms with Crippen molar-refractivity contribution in [3.05, 3.63) is 59.7 Å². The van der Waals surface area contributed by atoms with E-state index in [1.54, 1.807) is 6.20 Å². The van der Waals surface area contributed by atoms with E-state index >= 15 is 0 Å². The van der Waals surface area contributed by atoms with Crippen molar-refractivity contribution < 1.29 is 4.79 Å². The molecule has 2 heterocycles. The Kier molecular flexibility index (Phi) is 6.58. The van der Waals surface area contributed by atoms with Crippen LogP contribution in [-0.4, -0.2) is 45.3 Å². The third kappa shape index (κ3) is 4.85. The largest absolute Gasteiger partial charge is 0.382 e. The first-order valence-electron chi connectivity index (χ1n) is 11.1. The number of nitrogens with zero attached hydrogens (tertiary/aromatic N) is 4. The van der Waals surface area contributed by atoms with Gasteiger partial charge in [0.15, 0.2) is 0 Å². The zero-order chi connectivity index (χ0) is 22.5. The Labute approximate surface area is 187 Å². The first-order valence-corrected chi connectivity index (χ1v) is 11.1. The number of amides is 1. The molecule has 1 aromatic carbocycles. The van der Waals surface area contributed by atoms with Gasteiger partial charge in [0, 0.05) is 24.2 Å². The number of amidine groups is 1. The molecular formula is C24H29N7O. The highest BCUT2D eigenvalue weighted by Crippen LogP contribution is 2.28. The van der Waals surface area contributed by atoms with E-state index in [9.17, 15) is 4.79 Å². The summed E-state index contributed by atoms with van der Waals surface area (Å²) in [6, 6.07) is 11.6. The van der Waals surface area contributed by atoms with Gasteiger partial charge in [0.2, 0.25) is 5.82 Å². The molecule has 1 saturated carbocycles. The summed E-state index contributed by atoms with van der Waals surface area (Å²) in [7, 11) is 0. The number of nitrogens with two attached hydrogens (primary N) is 1. The molecule has 4 N–H and O–H groups in total. The Morgan fingerprint density at radius 3 is 2.81 bits per heavy atom. The second kappa shape index (κ2) is 9.72. The van der Waals surface area contributed by atoms with E-state index in [4.69, 9.17) is 10.7 Å². The number of carbonyl (C=O) groups excluding carboxylic acids is 1. The highest BCUT2D eigenvalue weighted by Gasteiger charge is 2.27. The lowest BCUT2D eigenvalue weighted by molar-refractivity contribution is 0.0946. The van der Waals surface area contributed by atoms with Gasteiger partial charge >= 0.3 is 0 Å². The van der Waals surface area contributed by atoms with Gasteiger partial charge in [0.25, 0.3) is 5.91 Å². The molecule has 0 spiro atoms. The summed E-state index contributed by atoms with van der Waals surface area (Å²) in [4.78, 5) is 30.7. The number of carbonyl (C=O) groups is 1. The molecule has 8 nitrogen and oxygen atoms in total. The lowest BCUT2D eigenvalue weighted by Gasteiger charge is -2.30. The summed E-state index contributed by atoms with van der Waals surface area (Å²) >= 11 is 0. The minimum absolute atomic E-state index is 0.00602. The number of rotatable bonds is 6. The van der Waals surface area contributed by atoms with Gasteiger partial charge in [0.05, 0.1) is 11.6 Å². The predicted octanol–water partition coefficient (Wildman–Crippen LogP) is 3.21. The molecule has 166 valence electrons. The molecule has 32 heavy (non-hydrogen) atoms. The number of pyridine rings is 1. The normalized spacial score (nSPS) is 19.0. The first kappa shape index (κ1) is 21.7. The molecule has 1 aliphatic rings. The van der Waals surface area contributed by atoms with E-state index in [-0.39, 0.29) is 23.8 Å². The van der Waals surface area contributed by atoms with Gasteiger partial charge in [-0.25, -0.2) is 9.97 Å². The Bertz CT molecular complexity index is 1130. The number of hydrogen-bond acceptors (Lipinski definition) is 6. The minimum Gasteiger partial charge on any atom is -0.382 e. The van der Waals surface area contributed by atoms with Crippen LogP contribution in [0.15, 0.2) is 47.6 Å². The number of aliphatic imine (C=N–C) groups is 1. The predicted molar refractivity (Wildman–Crippen MR) is 127 cm³/mol. The number of anilines is 1. The Morgan fingerprint density at radius 1 is 1.19 bits per heavy atom. The molecule has 1 fully saturated rings. The monoisotopic (exact) mass is 431 g/mol. The zero-order valence-corrected chi connectivity index (χ0v) is 18.5. The molecule has 2 atom stereocenters. The fourth-order valence-electron chi connectivity index (χ4n) is 4.06. The van der Waals surface area contributed by atoms with Crippen molar-refractivity contribution in [1.82, 2.24) is 20.3 Å². The topological polar surface area (TPSA) is 118 Å². The third-order valence-corrected chi connectivity index (χ3v) is 5.68. The number of benzene rings is 1. The highest BCUT2D eigenvalue weighted by molar-refractivity contribution is 5.97. The molecule has 1 amide bonds. The molecule has 1 aliphatic carbocycles. The quantitative estimate of drug-likeness (QED) is 0.407. The zero-order valence-electron chi connectivity index (χ0n) is 18.5. The van der Waals surface area contributed by atoms with Crippen molar-refractivity contribution in [3.63, 3.8) is 0 Å². The molecule has 3 aromatic rings. The molecule has 0 bridgehead atoms. The van der Waals surface area contributed by atoms with Crippen LogP contribution >= 0.6 is 0 Å². The summed E-state index contributed by atoms with van der Waals surface area (Å²) in [5.74, 6) is 0.976. The van der Waals surface area contributed by atoms with Gasteiger partial charge in [-0.15, -0.1) is 0 Å². The lowest BCUT2D eigenvalue weighted by Crippen LogP contribution is -2.37. The van der Waals surface area contributed by atoms with E-state index in [1.165, 1.54) is 0 Å². The van der Waals surface area contributed by atoms with E-state index < -0.39 is 0 Å². The van der Waals surface area contributed by atoms with Crippen LogP contribution in [0.3, 0.4) is 0 Å². The van der Waals surface area contributed by atoms with Crippen LogP contribution in [-0.2, 0) is 0 Å². The number of nitrogens with one attached hydrogen (secondary N) is 2. The van der Waals surface area contributed by atoms with Crippen LogP contribution in [0.25, 0.3) is 10.9 Å². The number of hydrogen-bond donors (Lipinski definition) is 3. The van der Waals surface area contributed by atoms with E-state index in [1.807, 2.05) is 50.2 Å². The third-order valence-electron chi connectivity index (χ3n) is 5.68. The second-order valence-corrected chi connectivity index (χ2v) is 8.11. The van der Waals surface area contributed by atoms with Crippen LogP contribution in [0.5, 0.6) is 0 Å². The Hall–Kier alpha value is -3.55. The summed E-state index contributed by atoms with van der Waals surface area (Å²) in [5, 5.41) is 7.26. The summed E-state index contributed by atoms with van der Waals surface area (Å²) < 4.78 is 0. The Balaban J connectivity index is 1.68. The van der Waals surface area contributed by atoms with Crippen LogP contribution in [0.2, 0.25) is 0 Å². The number of aromatic nitrogens is 3. The van der Waals surface area contributed by atoms with Gasteiger partial charge < -0.3 is 16.4 Å². The van der Waals surface area contributed by atoms with Gasteiger partial charge in [0.1, 0.15) is 17.3 Å². The van der Waals surface area contributed by atoms with Gasteiger partial charge in [-0.3, -0.25) is 14.8 Å². The van der Waals surface area contributed by atoms with Crippen molar-refractivity contribution in [1.29, 1.82) is 0 Å². The Morgan fingerprint density at radius 2 is 2.03 bits per heavy atom. The van der Waals surface area contributed by atoms with Crippen molar-refractivity contribution >= 4 is 28.5 Å². The maximum Gasteiger partial charge on any atom is 0.289 e. The van der Waals surface area contributed by atoms with Gasteiger partial charge in [-0.1, -0.05) is 30.5 Å². The maximum atomic E-state index is 12.5. The van der Waals surface area contributed by atoms with Crippen molar-refractivity contribution in [2.75, 3.05) is 11.9 Å². The molecular weight excluding hydrogens is 402 g/mol. The van der Waals surface area contributed by atoms with E-state index in [0.717, 1.165) is 42.1 Å². The molecule has 8 heteroatoms. The van der Waals surface area contributed by atoms with Crippen molar-refractivity contribution in [2.45, 2.75) is 51.6 Å². The average molecular weight is 432 g/mol. The second-order valence-electron chi connectivity index (χ2n) is 8.11. The molecule has 2 aromatic heterocycles. The molecule has 4 rings (SSSR count). The average Bonchev–Trinajstić information content (AvgIpc) is 2.81. The minimum atomic E-state index is -0.282. The van der Waals surface area contributed by atoms with E-state index in [2.05, 4.69) is 25.6 Å². The highest BCUT2D eigenvalue weighted by atomic mass is 16.2. The fraction of sp³-hybridized carbons (Fsp3) is 0.375.